The van der Waals surface area contributed by atoms with Gasteiger partial charge >= 0.3 is 0 Å². The minimum absolute atomic E-state index is 0.721. The Balaban J connectivity index is 2.81. The SMILES string of the molecule is [CH2]CCCCCCCCC[CH]NC=O. The fourth-order valence-electron chi connectivity index (χ4n) is 1.44. The average Bonchev–Trinajstić information content (AvgIpc) is 2.21. The van der Waals surface area contributed by atoms with E-state index < -0.39 is 0 Å². The fourth-order valence-corrected chi connectivity index (χ4v) is 1.44. The first-order valence-electron chi connectivity index (χ1n) is 5.72. The minimum atomic E-state index is 0.721. The van der Waals surface area contributed by atoms with Crippen LogP contribution in [0.4, 0.5) is 0 Å². The molecule has 0 saturated carbocycles. The van der Waals surface area contributed by atoms with Gasteiger partial charge in [0.1, 0.15) is 0 Å². The van der Waals surface area contributed by atoms with Gasteiger partial charge in [0, 0.05) is 6.54 Å². The molecule has 0 heterocycles. The molecule has 0 fully saturated rings. The van der Waals surface area contributed by atoms with Crippen molar-refractivity contribution in [2.45, 2.75) is 57.8 Å². The van der Waals surface area contributed by atoms with Crippen LogP contribution in [-0.4, -0.2) is 6.41 Å². The van der Waals surface area contributed by atoms with Crippen LogP contribution in [0.1, 0.15) is 57.8 Å². The molecule has 2 radical (unpaired) electrons. The van der Waals surface area contributed by atoms with Crippen LogP contribution in [-0.2, 0) is 4.79 Å². The van der Waals surface area contributed by atoms with Gasteiger partial charge < -0.3 is 5.32 Å². The third kappa shape index (κ3) is 11.5. The summed E-state index contributed by atoms with van der Waals surface area (Å²) in [7, 11) is 0. The summed E-state index contributed by atoms with van der Waals surface area (Å²) >= 11 is 0. The lowest BCUT2D eigenvalue weighted by Gasteiger charge is -2.01. The van der Waals surface area contributed by atoms with Crippen LogP contribution >= 0.6 is 0 Å². The van der Waals surface area contributed by atoms with Gasteiger partial charge in [-0.1, -0.05) is 58.3 Å². The van der Waals surface area contributed by atoms with Crippen molar-refractivity contribution in [3.05, 3.63) is 13.5 Å². The average molecular weight is 197 g/mol. The molecule has 1 amide bonds. The Bertz CT molecular complexity index is 115. The number of amides is 1. The van der Waals surface area contributed by atoms with Gasteiger partial charge in [-0.15, -0.1) is 0 Å². The highest BCUT2D eigenvalue weighted by Gasteiger charge is 1.91. The van der Waals surface area contributed by atoms with Crippen LogP contribution in [0.5, 0.6) is 0 Å². The zero-order valence-electron chi connectivity index (χ0n) is 9.13. The van der Waals surface area contributed by atoms with Crippen molar-refractivity contribution in [2.24, 2.45) is 0 Å². The van der Waals surface area contributed by atoms with E-state index in [0.29, 0.717) is 0 Å². The first-order valence-corrected chi connectivity index (χ1v) is 5.72. The normalized spacial score (nSPS) is 10.1. The van der Waals surface area contributed by atoms with E-state index in [0.717, 1.165) is 19.3 Å². The monoisotopic (exact) mass is 197 g/mol. The Labute approximate surface area is 88.5 Å². The molecule has 0 aliphatic heterocycles. The van der Waals surface area contributed by atoms with Gasteiger partial charge in [-0.2, -0.15) is 0 Å². The van der Waals surface area contributed by atoms with E-state index in [9.17, 15) is 4.79 Å². The molecule has 0 unspecified atom stereocenters. The predicted octanol–water partition coefficient (Wildman–Crippen LogP) is 3.24. The number of unbranched alkanes of at least 4 members (excludes halogenated alkanes) is 8. The van der Waals surface area contributed by atoms with Crippen LogP contribution < -0.4 is 5.32 Å². The van der Waals surface area contributed by atoms with Gasteiger partial charge in [0.05, 0.1) is 0 Å². The minimum Gasteiger partial charge on any atom is -0.354 e. The molecule has 2 nitrogen and oxygen atoms in total. The summed E-state index contributed by atoms with van der Waals surface area (Å²) in [5.41, 5.74) is 0. The van der Waals surface area contributed by atoms with Crippen molar-refractivity contribution >= 4 is 6.41 Å². The summed E-state index contributed by atoms with van der Waals surface area (Å²) in [6.07, 6.45) is 11.9. The Morgan fingerprint density at radius 2 is 1.50 bits per heavy atom. The van der Waals surface area contributed by atoms with Crippen molar-refractivity contribution in [2.75, 3.05) is 0 Å². The molecule has 0 atom stereocenters. The van der Waals surface area contributed by atoms with E-state index in [2.05, 4.69) is 12.2 Å². The zero-order chi connectivity index (χ0) is 10.5. The number of hydrogen-bond acceptors (Lipinski definition) is 1. The summed E-state index contributed by atoms with van der Waals surface area (Å²) in [4.78, 5) is 9.89. The lowest BCUT2D eigenvalue weighted by molar-refractivity contribution is -0.109. The maximum atomic E-state index is 9.89. The summed E-state index contributed by atoms with van der Waals surface area (Å²) in [5, 5.41) is 2.55. The molecule has 0 saturated heterocycles. The van der Waals surface area contributed by atoms with E-state index >= 15 is 0 Å². The van der Waals surface area contributed by atoms with Crippen LogP contribution in [0.25, 0.3) is 0 Å². The second-order valence-corrected chi connectivity index (χ2v) is 3.61. The van der Waals surface area contributed by atoms with E-state index in [1.165, 1.54) is 44.9 Å². The quantitative estimate of drug-likeness (QED) is 0.400. The van der Waals surface area contributed by atoms with Gasteiger partial charge in [0.2, 0.25) is 6.41 Å². The molecule has 2 heteroatoms. The number of carbonyl (C=O) groups excluding carboxylic acids is 1. The summed E-state index contributed by atoms with van der Waals surface area (Å²) in [6, 6.07) is 0. The van der Waals surface area contributed by atoms with E-state index in [1.54, 1.807) is 0 Å². The van der Waals surface area contributed by atoms with E-state index in [4.69, 9.17) is 0 Å². The number of carbonyl (C=O) groups is 1. The Morgan fingerprint density at radius 3 is 2.07 bits per heavy atom. The molecule has 1 N–H and O–H groups in total. The maximum Gasteiger partial charge on any atom is 0.207 e. The van der Waals surface area contributed by atoms with E-state index in [-0.39, 0.29) is 0 Å². The molecule has 82 valence electrons. The molecule has 14 heavy (non-hydrogen) atoms. The van der Waals surface area contributed by atoms with Crippen molar-refractivity contribution in [3.63, 3.8) is 0 Å². The highest BCUT2D eigenvalue weighted by atomic mass is 16.1. The largest absolute Gasteiger partial charge is 0.354 e. The van der Waals surface area contributed by atoms with E-state index in [1.807, 2.05) is 6.54 Å². The Hall–Kier alpha value is -0.530. The Morgan fingerprint density at radius 1 is 0.929 bits per heavy atom. The van der Waals surface area contributed by atoms with Crippen LogP contribution in [0, 0.1) is 13.5 Å². The van der Waals surface area contributed by atoms with Gasteiger partial charge in [0.15, 0.2) is 0 Å². The third-order valence-corrected chi connectivity index (χ3v) is 2.28. The molecule has 0 rings (SSSR count). The first-order chi connectivity index (χ1) is 6.91. The third-order valence-electron chi connectivity index (χ3n) is 2.28. The fraction of sp³-hybridized carbons (Fsp3) is 0.750. The Kier molecular flexibility index (Phi) is 12.0. The van der Waals surface area contributed by atoms with Crippen LogP contribution in [0.2, 0.25) is 0 Å². The van der Waals surface area contributed by atoms with Crippen molar-refractivity contribution in [1.29, 1.82) is 0 Å². The van der Waals surface area contributed by atoms with Gasteiger partial charge in [0.25, 0.3) is 0 Å². The van der Waals surface area contributed by atoms with Crippen LogP contribution in [0.15, 0.2) is 0 Å². The molecule has 0 aromatic heterocycles. The standard InChI is InChI=1S/C12H23NO/c1-2-3-4-5-6-7-8-9-10-11-13-12-14/h11-12H,1-10H2,(H,13,14). The molecule has 0 bridgehead atoms. The second-order valence-electron chi connectivity index (χ2n) is 3.61. The van der Waals surface area contributed by atoms with Gasteiger partial charge in [-0.3, -0.25) is 4.79 Å². The number of nitrogens with one attached hydrogen (secondary N) is 1. The molecule has 0 aliphatic rings. The number of hydrogen-bond donors (Lipinski definition) is 1. The highest BCUT2D eigenvalue weighted by molar-refractivity contribution is 5.46. The predicted molar refractivity (Wildman–Crippen MR) is 60.4 cm³/mol. The molecule has 0 aliphatic carbocycles. The maximum absolute atomic E-state index is 9.89. The second kappa shape index (κ2) is 12.5. The van der Waals surface area contributed by atoms with Crippen molar-refractivity contribution < 1.29 is 4.79 Å². The van der Waals surface area contributed by atoms with Crippen molar-refractivity contribution in [3.8, 4) is 0 Å². The van der Waals surface area contributed by atoms with Crippen LogP contribution in [0.3, 0.4) is 0 Å². The first kappa shape index (κ1) is 13.5. The lowest BCUT2D eigenvalue weighted by atomic mass is 10.1. The molecule has 0 aromatic carbocycles. The lowest BCUT2D eigenvalue weighted by Crippen LogP contribution is -2.05. The number of rotatable bonds is 11. The zero-order valence-corrected chi connectivity index (χ0v) is 9.13. The summed E-state index contributed by atoms with van der Waals surface area (Å²) < 4.78 is 0. The molecular formula is C12H23NO. The highest BCUT2D eigenvalue weighted by Crippen LogP contribution is 2.09. The smallest absolute Gasteiger partial charge is 0.207 e. The molecule has 0 aromatic rings. The van der Waals surface area contributed by atoms with Crippen molar-refractivity contribution in [1.82, 2.24) is 5.32 Å². The topological polar surface area (TPSA) is 29.1 Å². The molecular weight excluding hydrogens is 174 g/mol. The van der Waals surface area contributed by atoms with Gasteiger partial charge in [-0.25, -0.2) is 0 Å². The summed E-state index contributed by atoms with van der Waals surface area (Å²) in [6.45, 7) is 5.65. The molecule has 0 spiro atoms. The summed E-state index contributed by atoms with van der Waals surface area (Å²) in [5.74, 6) is 0. The van der Waals surface area contributed by atoms with Gasteiger partial charge in [-0.05, 0) is 6.42 Å².